The lowest BCUT2D eigenvalue weighted by molar-refractivity contribution is -0.120. The minimum Gasteiger partial charge on any atom is -0.309 e. The lowest BCUT2D eigenvalue weighted by Crippen LogP contribution is -2.42. The first-order valence-electron chi connectivity index (χ1n) is 6.82. The number of aromatic nitrogens is 2. The van der Waals surface area contributed by atoms with Gasteiger partial charge in [0.1, 0.15) is 5.82 Å². The maximum atomic E-state index is 13.0. The molecule has 0 radical (unpaired) electrons. The van der Waals surface area contributed by atoms with E-state index in [-0.39, 0.29) is 24.8 Å². The van der Waals surface area contributed by atoms with Crippen molar-refractivity contribution in [2.75, 3.05) is 19.0 Å². The van der Waals surface area contributed by atoms with Crippen molar-refractivity contribution in [1.29, 1.82) is 0 Å². The van der Waals surface area contributed by atoms with Gasteiger partial charge in [-0.25, -0.2) is 13.5 Å². The third-order valence-corrected chi connectivity index (χ3v) is 4.17. The number of amides is 1. The van der Waals surface area contributed by atoms with Gasteiger partial charge in [0.05, 0.1) is 11.7 Å². The van der Waals surface area contributed by atoms with Crippen LogP contribution in [-0.4, -0.2) is 41.7 Å². The molecule has 2 aliphatic rings. The monoisotopic (exact) mass is 284 g/mol. The van der Waals surface area contributed by atoms with E-state index in [2.05, 4.69) is 10.4 Å². The van der Waals surface area contributed by atoms with Crippen LogP contribution in [-0.2, 0) is 17.8 Å². The molecule has 2 unspecified atom stereocenters. The van der Waals surface area contributed by atoms with Gasteiger partial charge in [-0.3, -0.25) is 9.69 Å². The standard InChI is InChI=1S/C13H18F2N4O/c1-16-10-3-4-19-11(18(2)12(10)20)6-9(17-19)5-8-7-13(8,14)15/h6,8,10,16H,3-5,7H2,1-2H3. The zero-order valence-corrected chi connectivity index (χ0v) is 11.6. The molecule has 2 heterocycles. The summed E-state index contributed by atoms with van der Waals surface area (Å²) >= 11 is 0. The third-order valence-electron chi connectivity index (χ3n) is 4.17. The van der Waals surface area contributed by atoms with Gasteiger partial charge in [0.15, 0.2) is 0 Å². The summed E-state index contributed by atoms with van der Waals surface area (Å²) in [4.78, 5) is 13.7. The summed E-state index contributed by atoms with van der Waals surface area (Å²) in [7, 11) is 3.45. The maximum Gasteiger partial charge on any atom is 0.252 e. The van der Waals surface area contributed by atoms with Crippen LogP contribution in [0.15, 0.2) is 6.07 Å². The fourth-order valence-electron chi connectivity index (χ4n) is 2.73. The first-order valence-corrected chi connectivity index (χ1v) is 6.82. The quantitative estimate of drug-likeness (QED) is 0.902. The summed E-state index contributed by atoms with van der Waals surface area (Å²) in [5, 5.41) is 7.36. The number of nitrogens with zero attached hydrogens (tertiary/aromatic N) is 3. The largest absolute Gasteiger partial charge is 0.309 e. The number of alkyl halides is 2. The number of rotatable bonds is 3. The van der Waals surface area contributed by atoms with E-state index in [1.807, 2.05) is 0 Å². The van der Waals surface area contributed by atoms with Crippen molar-refractivity contribution in [1.82, 2.24) is 15.1 Å². The lowest BCUT2D eigenvalue weighted by Gasteiger charge is -2.18. The number of nitrogens with one attached hydrogen (secondary N) is 1. The van der Waals surface area contributed by atoms with Crippen molar-refractivity contribution >= 4 is 11.7 Å². The van der Waals surface area contributed by atoms with E-state index in [1.165, 1.54) is 0 Å². The van der Waals surface area contributed by atoms with Gasteiger partial charge in [-0.15, -0.1) is 0 Å². The highest BCUT2D eigenvalue weighted by atomic mass is 19.3. The van der Waals surface area contributed by atoms with E-state index in [4.69, 9.17) is 0 Å². The fraction of sp³-hybridized carbons (Fsp3) is 0.692. The first-order chi connectivity index (χ1) is 9.42. The molecule has 1 aromatic rings. The van der Waals surface area contributed by atoms with E-state index in [0.29, 0.717) is 24.5 Å². The molecule has 110 valence electrons. The summed E-state index contributed by atoms with van der Waals surface area (Å²) in [5.74, 6) is -2.45. The molecule has 1 aliphatic heterocycles. The van der Waals surface area contributed by atoms with Crippen LogP contribution in [0.4, 0.5) is 14.6 Å². The highest BCUT2D eigenvalue weighted by molar-refractivity contribution is 5.96. The Morgan fingerprint density at radius 2 is 2.25 bits per heavy atom. The van der Waals surface area contributed by atoms with E-state index in [0.717, 1.165) is 0 Å². The van der Waals surface area contributed by atoms with Gasteiger partial charge in [-0.2, -0.15) is 5.10 Å². The highest BCUT2D eigenvalue weighted by Crippen LogP contribution is 2.50. The van der Waals surface area contributed by atoms with Gasteiger partial charge in [0.25, 0.3) is 5.92 Å². The normalized spacial score (nSPS) is 28.2. The second-order valence-electron chi connectivity index (χ2n) is 5.61. The van der Waals surface area contributed by atoms with Crippen LogP contribution in [0.3, 0.4) is 0 Å². The minimum atomic E-state index is -2.53. The highest BCUT2D eigenvalue weighted by Gasteiger charge is 2.56. The number of aryl methyl sites for hydroxylation is 1. The SMILES string of the molecule is CNC1CCn2nc(CC3CC3(F)F)cc2N(C)C1=O. The van der Waals surface area contributed by atoms with Gasteiger partial charge in [-0.05, 0) is 13.5 Å². The number of hydrogen-bond acceptors (Lipinski definition) is 3. The maximum absolute atomic E-state index is 13.0. The zero-order valence-electron chi connectivity index (χ0n) is 11.6. The molecular weight excluding hydrogens is 266 g/mol. The van der Waals surface area contributed by atoms with Crippen LogP contribution < -0.4 is 10.2 Å². The van der Waals surface area contributed by atoms with Crippen LogP contribution in [0, 0.1) is 5.92 Å². The Labute approximate surface area is 115 Å². The van der Waals surface area contributed by atoms with E-state index < -0.39 is 11.8 Å². The molecule has 1 N–H and O–H groups in total. The summed E-state index contributed by atoms with van der Waals surface area (Å²) in [6, 6.07) is 1.53. The number of carbonyl (C=O) groups is 1. The van der Waals surface area contributed by atoms with E-state index >= 15 is 0 Å². The molecule has 2 atom stereocenters. The molecule has 3 rings (SSSR count). The zero-order chi connectivity index (χ0) is 14.5. The Morgan fingerprint density at radius 3 is 2.85 bits per heavy atom. The molecule has 1 aromatic heterocycles. The number of hydrogen-bond donors (Lipinski definition) is 1. The Kier molecular flexibility index (Phi) is 3.04. The molecule has 1 fully saturated rings. The van der Waals surface area contributed by atoms with Crippen molar-refractivity contribution < 1.29 is 13.6 Å². The van der Waals surface area contributed by atoms with Gasteiger partial charge >= 0.3 is 0 Å². The van der Waals surface area contributed by atoms with Crippen molar-refractivity contribution in [2.45, 2.75) is 37.8 Å². The van der Waals surface area contributed by atoms with Crippen LogP contribution >= 0.6 is 0 Å². The van der Waals surface area contributed by atoms with Gasteiger partial charge in [0.2, 0.25) is 5.91 Å². The summed E-state index contributed by atoms with van der Waals surface area (Å²) in [6.07, 6.45) is 0.879. The number of likely N-dealkylation sites (N-methyl/N-ethyl adjacent to an activating group) is 2. The second kappa shape index (κ2) is 4.51. The molecule has 1 amide bonds. The second-order valence-corrected chi connectivity index (χ2v) is 5.61. The third kappa shape index (κ3) is 2.19. The minimum absolute atomic E-state index is 0.0190. The molecule has 1 aliphatic carbocycles. The topological polar surface area (TPSA) is 50.2 Å². The average Bonchev–Trinajstić information content (AvgIpc) is 2.85. The van der Waals surface area contributed by atoms with Crippen LogP contribution in [0.5, 0.6) is 0 Å². The van der Waals surface area contributed by atoms with Crippen molar-refractivity contribution in [3.05, 3.63) is 11.8 Å². The van der Waals surface area contributed by atoms with Gasteiger partial charge < -0.3 is 5.32 Å². The van der Waals surface area contributed by atoms with Crippen molar-refractivity contribution in [3.8, 4) is 0 Å². The molecule has 5 nitrogen and oxygen atoms in total. The van der Waals surface area contributed by atoms with Crippen molar-refractivity contribution in [2.24, 2.45) is 5.92 Å². The van der Waals surface area contributed by atoms with Crippen LogP contribution in [0.2, 0.25) is 0 Å². The lowest BCUT2D eigenvalue weighted by atomic mass is 10.2. The summed E-state index contributed by atoms with van der Waals surface area (Å²) < 4.78 is 27.7. The molecule has 20 heavy (non-hydrogen) atoms. The predicted molar refractivity (Wildman–Crippen MR) is 69.9 cm³/mol. The Morgan fingerprint density at radius 1 is 1.55 bits per heavy atom. The fourth-order valence-corrected chi connectivity index (χ4v) is 2.73. The molecule has 0 bridgehead atoms. The Balaban J connectivity index is 1.80. The van der Waals surface area contributed by atoms with Gasteiger partial charge in [0, 0.05) is 38.4 Å². The van der Waals surface area contributed by atoms with Crippen LogP contribution in [0.1, 0.15) is 18.5 Å². The number of anilines is 1. The van der Waals surface area contributed by atoms with Crippen LogP contribution in [0.25, 0.3) is 0 Å². The predicted octanol–water partition coefficient (Wildman–Crippen LogP) is 1.04. The molecule has 0 spiro atoms. The number of halogens is 2. The average molecular weight is 284 g/mol. The molecule has 7 heteroatoms. The molecule has 0 aromatic carbocycles. The van der Waals surface area contributed by atoms with Gasteiger partial charge in [-0.1, -0.05) is 0 Å². The van der Waals surface area contributed by atoms with E-state index in [1.54, 1.807) is 29.7 Å². The van der Waals surface area contributed by atoms with Crippen molar-refractivity contribution in [3.63, 3.8) is 0 Å². The Hall–Kier alpha value is -1.50. The molecular formula is C13H18F2N4O. The van der Waals surface area contributed by atoms with E-state index in [9.17, 15) is 13.6 Å². The smallest absolute Gasteiger partial charge is 0.252 e. The first kappa shape index (κ1) is 13.5. The number of carbonyl (C=O) groups excluding carboxylic acids is 1. The molecule has 1 saturated carbocycles. The summed E-state index contributed by atoms with van der Waals surface area (Å²) in [5.41, 5.74) is 0.643. The summed E-state index contributed by atoms with van der Waals surface area (Å²) in [6.45, 7) is 0.609. The Bertz CT molecular complexity index is 542. The molecule has 0 saturated heterocycles. The number of fused-ring (bicyclic) bond motifs is 1.